The zero-order valence-electron chi connectivity index (χ0n) is 11.3. The van der Waals surface area contributed by atoms with E-state index in [9.17, 15) is 0 Å². The second-order valence-electron chi connectivity index (χ2n) is 5.03. The third kappa shape index (κ3) is 4.05. The normalized spacial score (nSPS) is 18.8. The van der Waals surface area contributed by atoms with Gasteiger partial charge < -0.3 is 10.6 Å². The molecule has 0 atom stereocenters. The lowest BCUT2D eigenvalue weighted by atomic mass is 10.3. The van der Waals surface area contributed by atoms with Crippen LogP contribution in [0.15, 0.2) is 18.2 Å². The highest BCUT2D eigenvalue weighted by Crippen LogP contribution is 2.07. The van der Waals surface area contributed by atoms with Crippen molar-refractivity contribution in [3.63, 3.8) is 0 Å². The molecule has 1 fully saturated rings. The van der Waals surface area contributed by atoms with Crippen LogP contribution in [0.5, 0.6) is 0 Å². The lowest BCUT2D eigenvalue weighted by molar-refractivity contribution is 0.253. The molecule has 4 heteroatoms. The Labute approximate surface area is 110 Å². The van der Waals surface area contributed by atoms with Crippen LogP contribution >= 0.6 is 0 Å². The predicted octanol–water partition coefficient (Wildman–Crippen LogP) is 0.856. The van der Waals surface area contributed by atoms with Gasteiger partial charge in [0.1, 0.15) is 0 Å². The van der Waals surface area contributed by atoms with Gasteiger partial charge in [0.25, 0.3) is 0 Å². The Morgan fingerprint density at radius 3 is 2.72 bits per heavy atom. The Hall–Kier alpha value is -0.970. The first-order chi connectivity index (χ1) is 8.78. The molecular formula is C14H24N4. The van der Waals surface area contributed by atoms with Gasteiger partial charge in [0, 0.05) is 38.4 Å². The van der Waals surface area contributed by atoms with Crippen LogP contribution in [0.1, 0.15) is 17.8 Å². The van der Waals surface area contributed by atoms with E-state index >= 15 is 0 Å². The van der Waals surface area contributed by atoms with E-state index in [1.165, 1.54) is 18.7 Å². The first-order valence-corrected chi connectivity index (χ1v) is 6.85. The molecular weight excluding hydrogens is 224 g/mol. The highest BCUT2D eigenvalue weighted by molar-refractivity contribution is 5.09. The van der Waals surface area contributed by atoms with Crippen molar-refractivity contribution in [3.05, 3.63) is 29.6 Å². The molecule has 0 bridgehead atoms. The molecule has 4 nitrogen and oxygen atoms in total. The SMILES string of the molecule is Cc1cccc(CN2CCCN(CCN)CC2)n1. The molecule has 0 spiro atoms. The van der Waals surface area contributed by atoms with Gasteiger partial charge in [0.15, 0.2) is 0 Å². The molecule has 2 N–H and O–H groups in total. The molecule has 1 saturated heterocycles. The van der Waals surface area contributed by atoms with Gasteiger partial charge in [-0.3, -0.25) is 9.88 Å². The van der Waals surface area contributed by atoms with Gasteiger partial charge in [0.05, 0.1) is 5.69 Å². The van der Waals surface area contributed by atoms with Gasteiger partial charge in [-0.15, -0.1) is 0 Å². The van der Waals surface area contributed by atoms with E-state index in [-0.39, 0.29) is 0 Å². The average molecular weight is 248 g/mol. The van der Waals surface area contributed by atoms with E-state index in [4.69, 9.17) is 5.73 Å². The topological polar surface area (TPSA) is 45.4 Å². The second-order valence-corrected chi connectivity index (χ2v) is 5.03. The first-order valence-electron chi connectivity index (χ1n) is 6.85. The molecule has 0 radical (unpaired) electrons. The van der Waals surface area contributed by atoms with Crippen LogP contribution in [0.2, 0.25) is 0 Å². The van der Waals surface area contributed by atoms with E-state index in [2.05, 4.69) is 39.9 Å². The number of hydrogen-bond acceptors (Lipinski definition) is 4. The van der Waals surface area contributed by atoms with Gasteiger partial charge in [-0.2, -0.15) is 0 Å². The quantitative estimate of drug-likeness (QED) is 0.858. The van der Waals surface area contributed by atoms with E-state index in [1.807, 2.05) is 0 Å². The van der Waals surface area contributed by atoms with E-state index < -0.39 is 0 Å². The Kier molecular flexibility index (Phi) is 5.11. The molecule has 1 aliphatic rings. The molecule has 1 aliphatic heterocycles. The summed E-state index contributed by atoms with van der Waals surface area (Å²) in [6.45, 7) is 9.40. The van der Waals surface area contributed by atoms with Crippen molar-refractivity contribution in [3.8, 4) is 0 Å². The zero-order chi connectivity index (χ0) is 12.8. The minimum absolute atomic E-state index is 0.763. The lowest BCUT2D eigenvalue weighted by Gasteiger charge is -2.21. The summed E-state index contributed by atoms with van der Waals surface area (Å²) in [7, 11) is 0. The summed E-state index contributed by atoms with van der Waals surface area (Å²) in [4.78, 5) is 9.54. The molecule has 18 heavy (non-hydrogen) atoms. The summed E-state index contributed by atoms with van der Waals surface area (Å²) >= 11 is 0. The maximum atomic E-state index is 5.62. The fourth-order valence-electron chi connectivity index (χ4n) is 2.51. The minimum atomic E-state index is 0.763. The third-order valence-electron chi connectivity index (χ3n) is 3.46. The summed E-state index contributed by atoms with van der Waals surface area (Å²) in [5, 5.41) is 0. The van der Waals surface area contributed by atoms with Crippen LogP contribution in [0.4, 0.5) is 0 Å². The lowest BCUT2D eigenvalue weighted by Crippen LogP contribution is -2.33. The number of rotatable bonds is 4. The van der Waals surface area contributed by atoms with Crippen LogP contribution < -0.4 is 5.73 Å². The number of hydrogen-bond donors (Lipinski definition) is 1. The molecule has 0 aliphatic carbocycles. The van der Waals surface area contributed by atoms with E-state index in [0.717, 1.165) is 45.0 Å². The average Bonchev–Trinajstić information content (AvgIpc) is 2.56. The monoisotopic (exact) mass is 248 g/mol. The van der Waals surface area contributed by atoms with E-state index in [0.29, 0.717) is 0 Å². The van der Waals surface area contributed by atoms with Crippen molar-refractivity contribution in [1.29, 1.82) is 0 Å². The van der Waals surface area contributed by atoms with Crippen molar-refractivity contribution in [2.45, 2.75) is 19.9 Å². The van der Waals surface area contributed by atoms with Gasteiger partial charge in [-0.05, 0) is 38.6 Å². The van der Waals surface area contributed by atoms with E-state index in [1.54, 1.807) is 0 Å². The van der Waals surface area contributed by atoms with Crippen LogP contribution in [0.3, 0.4) is 0 Å². The molecule has 100 valence electrons. The van der Waals surface area contributed by atoms with Crippen LogP contribution in [0, 0.1) is 6.92 Å². The molecule has 0 amide bonds. The molecule has 1 aromatic rings. The summed E-state index contributed by atoms with van der Waals surface area (Å²) in [6.07, 6.45) is 1.23. The molecule has 0 aromatic carbocycles. The number of aryl methyl sites for hydroxylation is 1. The Morgan fingerprint density at radius 2 is 1.94 bits per heavy atom. The van der Waals surface area contributed by atoms with Crippen LogP contribution in [-0.4, -0.2) is 54.1 Å². The van der Waals surface area contributed by atoms with Crippen LogP contribution in [0.25, 0.3) is 0 Å². The molecule has 2 heterocycles. The Bertz CT molecular complexity index is 367. The first kappa shape index (κ1) is 13.5. The van der Waals surface area contributed by atoms with Gasteiger partial charge in [-0.25, -0.2) is 0 Å². The second kappa shape index (κ2) is 6.83. The molecule has 2 rings (SSSR count). The zero-order valence-corrected chi connectivity index (χ0v) is 11.3. The minimum Gasteiger partial charge on any atom is -0.329 e. The maximum absolute atomic E-state index is 5.62. The Morgan fingerprint density at radius 1 is 1.17 bits per heavy atom. The third-order valence-corrected chi connectivity index (χ3v) is 3.46. The standard InChI is InChI=1S/C14H24N4/c1-13-4-2-5-14(16-13)12-18-8-3-7-17(9-6-15)10-11-18/h2,4-5H,3,6-12,15H2,1H3. The van der Waals surface area contributed by atoms with Crippen molar-refractivity contribution in [2.75, 3.05) is 39.3 Å². The highest BCUT2D eigenvalue weighted by Gasteiger charge is 2.14. The number of pyridine rings is 1. The summed E-state index contributed by atoms with van der Waals surface area (Å²) in [5.41, 5.74) is 7.91. The Balaban J connectivity index is 1.87. The smallest absolute Gasteiger partial charge is 0.0547 e. The number of nitrogens with two attached hydrogens (primary N) is 1. The van der Waals surface area contributed by atoms with Gasteiger partial charge in [-0.1, -0.05) is 6.07 Å². The van der Waals surface area contributed by atoms with Crippen LogP contribution in [-0.2, 0) is 6.54 Å². The van der Waals surface area contributed by atoms with Gasteiger partial charge in [0.2, 0.25) is 0 Å². The number of aromatic nitrogens is 1. The maximum Gasteiger partial charge on any atom is 0.0547 e. The van der Waals surface area contributed by atoms with Gasteiger partial charge >= 0.3 is 0 Å². The van der Waals surface area contributed by atoms with Crippen molar-refractivity contribution in [2.24, 2.45) is 5.73 Å². The number of nitrogens with zero attached hydrogens (tertiary/aromatic N) is 3. The van der Waals surface area contributed by atoms with Crippen molar-refractivity contribution >= 4 is 0 Å². The summed E-state index contributed by atoms with van der Waals surface area (Å²) in [6, 6.07) is 6.26. The van der Waals surface area contributed by atoms with Crippen molar-refractivity contribution < 1.29 is 0 Å². The van der Waals surface area contributed by atoms with Crippen molar-refractivity contribution in [1.82, 2.24) is 14.8 Å². The fraction of sp³-hybridized carbons (Fsp3) is 0.643. The largest absolute Gasteiger partial charge is 0.329 e. The summed E-state index contributed by atoms with van der Waals surface area (Å²) < 4.78 is 0. The molecule has 0 saturated carbocycles. The predicted molar refractivity (Wildman–Crippen MR) is 74.4 cm³/mol. The highest BCUT2D eigenvalue weighted by atomic mass is 15.2. The molecule has 0 unspecified atom stereocenters. The molecule has 1 aromatic heterocycles. The fourth-order valence-corrected chi connectivity index (χ4v) is 2.51. The summed E-state index contributed by atoms with van der Waals surface area (Å²) in [5.74, 6) is 0.